The van der Waals surface area contributed by atoms with Gasteiger partial charge in [-0.05, 0) is 43.5 Å². The number of nitriles is 1. The number of hydrogen-bond donors (Lipinski definition) is 0. The second kappa shape index (κ2) is 4.71. The van der Waals surface area contributed by atoms with Crippen molar-refractivity contribution in [2.45, 2.75) is 37.1 Å². The fourth-order valence-corrected chi connectivity index (χ4v) is 3.73. The van der Waals surface area contributed by atoms with Gasteiger partial charge in [-0.15, -0.1) is 0 Å². The van der Waals surface area contributed by atoms with Crippen molar-refractivity contribution in [1.82, 2.24) is 4.31 Å². The summed E-state index contributed by atoms with van der Waals surface area (Å²) < 4.78 is 26.3. The molecule has 0 spiro atoms. The zero-order chi connectivity index (χ0) is 13.3. The van der Waals surface area contributed by atoms with Gasteiger partial charge in [-0.2, -0.15) is 9.57 Å². The Hall–Kier alpha value is -1.38. The summed E-state index contributed by atoms with van der Waals surface area (Å²) >= 11 is 0. The summed E-state index contributed by atoms with van der Waals surface area (Å²) in [5, 5.41) is 8.79. The maximum Gasteiger partial charge on any atom is 0.243 e. The summed E-state index contributed by atoms with van der Waals surface area (Å²) in [7, 11) is -1.80. The zero-order valence-electron chi connectivity index (χ0n) is 10.5. The van der Waals surface area contributed by atoms with E-state index in [4.69, 9.17) is 5.26 Å². The number of nitrogens with zero attached hydrogens (tertiary/aromatic N) is 2. The lowest BCUT2D eigenvalue weighted by Gasteiger charge is -2.34. The first-order chi connectivity index (χ1) is 8.46. The van der Waals surface area contributed by atoms with Crippen molar-refractivity contribution < 1.29 is 8.42 Å². The minimum Gasteiger partial charge on any atom is -0.207 e. The Morgan fingerprint density at radius 3 is 2.50 bits per heavy atom. The van der Waals surface area contributed by atoms with E-state index in [0.717, 1.165) is 19.3 Å². The quantitative estimate of drug-likeness (QED) is 0.839. The Bertz CT molecular complexity index is 598. The fourth-order valence-electron chi connectivity index (χ4n) is 2.11. The van der Waals surface area contributed by atoms with E-state index < -0.39 is 10.0 Å². The first-order valence-electron chi connectivity index (χ1n) is 5.95. The molecule has 1 aromatic rings. The van der Waals surface area contributed by atoms with Crippen LogP contribution in [0.4, 0.5) is 0 Å². The van der Waals surface area contributed by atoms with Crippen molar-refractivity contribution in [1.29, 1.82) is 5.26 Å². The average Bonchev–Trinajstić information content (AvgIpc) is 2.26. The predicted octanol–water partition coefficient (Wildman–Crippen LogP) is 2.04. The third-order valence-electron chi connectivity index (χ3n) is 3.55. The molecular formula is C13H16N2O2S. The van der Waals surface area contributed by atoms with Gasteiger partial charge in [0.15, 0.2) is 0 Å². The van der Waals surface area contributed by atoms with Crippen LogP contribution in [-0.2, 0) is 10.0 Å². The highest BCUT2D eigenvalue weighted by atomic mass is 32.2. The Morgan fingerprint density at radius 2 is 2.06 bits per heavy atom. The smallest absolute Gasteiger partial charge is 0.207 e. The fraction of sp³-hybridized carbons (Fsp3) is 0.462. The Morgan fingerprint density at radius 1 is 1.39 bits per heavy atom. The lowest BCUT2D eigenvalue weighted by Crippen LogP contribution is -2.41. The van der Waals surface area contributed by atoms with Gasteiger partial charge in [0.1, 0.15) is 0 Å². The number of benzene rings is 1. The molecule has 1 fully saturated rings. The summed E-state index contributed by atoms with van der Waals surface area (Å²) in [6.07, 6.45) is 2.97. The summed E-state index contributed by atoms with van der Waals surface area (Å²) in [5.74, 6) is 0. The second-order valence-corrected chi connectivity index (χ2v) is 6.66. The number of sulfonamides is 1. The normalized spacial score (nSPS) is 16.3. The van der Waals surface area contributed by atoms with E-state index in [1.54, 1.807) is 26.1 Å². The van der Waals surface area contributed by atoms with E-state index >= 15 is 0 Å². The molecule has 1 aliphatic rings. The van der Waals surface area contributed by atoms with E-state index in [1.807, 2.05) is 6.07 Å². The van der Waals surface area contributed by atoms with Crippen LogP contribution < -0.4 is 0 Å². The highest BCUT2D eigenvalue weighted by Gasteiger charge is 2.32. The summed E-state index contributed by atoms with van der Waals surface area (Å²) in [6, 6.07) is 6.83. The first-order valence-corrected chi connectivity index (χ1v) is 7.39. The molecule has 0 aliphatic heterocycles. The largest absolute Gasteiger partial charge is 0.243 e. The molecule has 18 heavy (non-hydrogen) atoms. The van der Waals surface area contributed by atoms with Crippen LogP contribution in [0.3, 0.4) is 0 Å². The van der Waals surface area contributed by atoms with Gasteiger partial charge in [-0.3, -0.25) is 0 Å². The Balaban J connectivity index is 2.38. The average molecular weight is 264 g/mol. The third kappa shape index (κ3) is 2.14. The van der Waals surface area contributed by atoms with Crippen LogP contribution >= 0.6 is 0 Å². The first kappa shape index (κ1) is 13.1. The van der Waals surface area contributed by atoms with E-state index in [0.29, 0.717) is 16.0 Å². The van der Waals surface area contributed by atoms with Crippen molar-refractivity contribution >= 4 is 10.0 Å². The molecule has 1 aromatic carbocycles. The van der Waals surface area contributed by atoms with Gasteiger partial charge in [0.2, 0.25) is 10.0 Å². The van der Waals surface area contributed by atoms with Gasteiger partial charge in [-0.25, -0.2) is 8.42 Å². The number of aryl methyl sites for hydroxylation is 1. The summed E-state index contributed by atoms with van der Waals surface area (Å²) in [4.78, 5) is 0.302. The van der Waals surface area contributed by atoms with Gasteiger partial charge in [0.05, 0.1) is 16.5 Å². The molecule has 0 amide bonds. The van der Waals surface area contributed by atoms with Crippen molar-refractivity contribution in [2.75, 3.05) is 7.05 Å². The van der Waals surface area contributed by atoms with Crippen LogP contribution in [0.5, 0.6) is 0 Å². The molecule has 2 rings (SSSR count). The Labute approximate surface area is 108 Å². The van der Waals surface area contributed by atoms with Crippen molar-refractivity contribution in [3.63, 3.8) is 0 Å². The molecule has 0 unspecified atom stereocenters. The molecule has 0 atom stereocenters. The van der Waals surface area contributed by atoms with Crippen LogP contribution in [0.15, 0.2) is 23.1 Å². The van der Waals surface area contributed by atoms with Crippen molar-refractivity contribution in [3.8, 4) is 6.07 Å². The van der Waals surface area contributed by atoms with E-state index in [1.165, 1.54) is 10.4 Å². The topological polar surface area (TPSA) is 61.2 Å². The zero-order valence-corrected chi connectivity index (χ0v) is 11.4. The minimum atomic E-state index is -3.43. The monoisotopic (exact) mass is 264 g/mol. The highest BCUT2D eigenvalue weighted by molar-refractivity contribution is 7.89. The highest BCUT2D eigenvalue weighted by Crippen LogP contribution is 2.29. The van der Waals surface area contributed by atoms with Crippen LogP contribution in [0.2, 0.25) is 0 Å². The molecule has 0 saturated heterocycles. The van der Waals surface area contributed by atoms with Crippen molar-refractivity contribution in [3.05, 3.63) is 29.3 Å². The van der Waals surface area contributed by atoms with Gasteiger partial charge in [-0.1, -0.05) is 6.42 Å². The number of hydrogen-bond acceptors (Lipinski definition) is 3. The Kier molecular flexibility index (Phi) is 3.42. The van der Waals surface area contributed by atoms with Crippen molar-refractivity contribution in [2.24, 2.45) is 0 Å². The summed E-state index contributed by atoms with van der Waals surface area (Å²) in [5.41, 5.74) is 1.11. The lowest BCUT2D eigenvalue weighted by atomic mass is 9.94. The molecule has 0 bridgehead atoms. The van der Waals surface area contributed by atoms with E-state index in [2.05, 4.69) is 0 Å². The predicted molar refractivity (Wildman–Crippen MR) is 68.5 cm³/mol. The third-order valence-corrected chi connectivity index (χ3v) is 5.62. The van der Waals surface area contributed by atoms with E-state index in [-0.39, 0.29) is 6.04 Å². The van der Waals surface area contributed by atoms with E-state index in [9.17, 15) is 8.42 Å². The maximum absolute atomic E-state index is 12.4. The standard InChI is InChI=1S/C13H16N2O2S/c1-10-8-11(9-14)6-7-13(10)18(16,17)15(2)12-4-3-5-12/h6-8,12H,3-5H2,1-2H3. The molecule has 96 valence electrons. The molecule has 1 aliphatic carbocycles. The maximum atomic E-state index is 12.4. The molecule has 0 N–H and O–H groups in total. The molecule has 5 heteroatoms. The summed E-state index contributed by atoms with van der Waals surface area (Å²) in [6.45, 7) is 1.72. The van der Waals surface area contributed by atoms with Gasteiger partial charge >= 0.3 is 0 Å². The number of rotatable bonds is 3. The van der Waals surface area contributed by atoms with Gasteiger partial charge in [0, 0.05) is 13.1 Å². The van der Waals surface area contributed by atoms with Crippen LogP contribution in [-0.4, -0.2) is 25.8 Å². The second-order valence-electron chi connectivity index (χ2n) is 4.70. The van der Waals surface area contributed by atoms with Crippen LogP contribution in [0.1, 0.15) is 30.4 Å². The molecular weight excluding hydrogens is 248 g/mol. The molecule has 0 aromatic heterocycles. The van der Waals surface area contributed by atoms with Crippen LogP contribution in [0, 0.1) is 18.3 Å². The molecule has 0 heterocycles. The molecule has 1 saturated carbocycles. The van der Waals surface area contributed by atoms with Gasteiger partial charge < -0.3 is 0 Å². The molecule has 4 nitrogen and oxygen atoms in total. The SMILES string of the molecule is Cc1cc(C#N)ccc1S(=O)(=O)N(C)C1CCC1. The van der Waals surface area contributed by atoms with Crippen LogP contribution in [0.25, 0.3) is 0 Å². The molecule has 0 radical (unpaired) electrons. The lowest BCUT2D eigenvalue weighted by molar-refractivity contribution is 0.249. The van der Waals surface area contributed by atoms with Gasteiger partial charge in [0.25, 0.3) is 0 Å². The minimum absolute atomic E-state index is 0.130.